The molecule has 2 rings (SSSR count). The summed E-state index contributed by atoms with van der Waals surface area (Å²) in [4.78, 5) is 0.264. The van der Waals surface area contributed by atoms with E-state index in [9.17, 15) is 8.42 Å². The Hall–Kier alpha value is -0.590. The number of anilines is 1. The summed E-state index contributed by atoms with van der Waals surface area (Å²) >= 11 is 3.31. The van der Waals surface area contributed by atoms with E-state index in [2.05, 4.69) is 34.5 Å². The average Bonchev–Trinajstić information content (AvgIpc) is 2.37. The number of benzene rings is 1. The molecule has 0 amide bonds. The van der Waals surface area contributed by atoms with Crippen molar-refractivity contribution in [1.29, 1.82) is 0 Å². The Bertz CT molecular complexity index is 631. The summed E-state index contributed by atoms with van der Waals surface area (Å²) < 4.78 is 28.9. The zero-order chi connectivity index (χ0) is 15.8. The van der Waals surface area contributed by atoms with E-state index in [0.717, 1.165) is 19.3 Å². The maximum atomic E-state index is 12.7. The molecule has 0 spiro atoms. The molecular formula is C15H23BrN2O2S. The van der Waals surface area contributed by atoms with Crippen molar-refractivity contribution in [1.82, 2.24) is 4.72 Å². The molecule has 3 atom stereocenters. The van der Waals surface area contributed by atoms with E-state index in [0.29, 0.717) is 27.6 Å². The van der Waals surface area contributed by atoms with E-state index in [4.69, 9.17) is 5.73 Å². The van der Waals surface area contributed by atoms with Gasteiger partial charge in [0.15, 0.2) is 0 Å². The molecule has 6 heteroatoms. The molecule has 0 aliphatic heterocycles. The Morgan fingerprint density at radius 1 is 1.29 bits per heavy atom. The fourth-order valence-corrected chi connectivity index (χ4v) is 5.36. The normalized spacial score (nSPS) is 26.8. The second-order valence-corrected chi connectivity index (χ2v) is 8.84. The Morgan fingerprint density at radius 2 is 1.95 bits per heavy atom. The summed E-state index contributed by atoms with van der Waals surface area (Å²) in [5.41, 5.74) is 6.96. The van der Waals surface area contributed by atoms with Crippen LogP contribution in [-0.2, 0) is 10.0 Å². The highest BCUT2D eigenvalue weighted by molar-refractivity contribution is 9.10. The van der Waals surface area contributed by atoms with Gasteiger partial charge in [0, 0.05) is 16.2 Å². The number of hydrogen-bond acceptors (Lipinski definition) is 3. The first-order chi connectivity index (χ1) is 9.70. The summed E-state index contributed by atoms with van der Waals surface area (Å²) in [6.45, 7) is 6.08. The SMILES string of the molecule is Cc1c(N)cc(Br)cc1S(=O)(=O)NC1CCC(C)CC1C. The van der Waals surface area contributed by atoms with E-state index < -0.39 is 10.0 Å². The van der Waals surface area contributed by atoms with Gasteiger partial charge in [-0.25, -0.2) is 13.1 Å². The molecule has 1 saturated carbocycles. The van der Waals surface area contributed by atoms with Gasteiger partial charge < -0.3 is 5.73 Å². The summed E-state index contributed by atoms with van der Waals surface area (Å²) in [6, 6.07) is 3.34. The van der Waals surface area contributed by atoms with Crippen LogP contribution < -0.4 is 10.5 Å². The minimum atomic E-state index is -3.55. The van der Waals surface area contributed by atoms with Crippen molar-refractivity contribution in [3.8, 4) is 0 Å². The van der Waals surface area contributed by atoms with Gasteiger partial charge in [-0.1, -0.05) is 29.8 Å². The Balaban J connectivity index is 2.27. The number of hydrogen-bond donors (Lipinski definition) is 2. The van der Waals surface area contributed by atoms with Gasteiger partial charge in [0.25, 0.3) is 0 Å². The molecule has 21 heavy (non-hydrogen) atoms. The van der Waals surface area contributed by atoms with Crippen LogP contribution in [0.15, 0.2) is 21.5 Å². The number of halogens is 1. The minimum absolute atomic E-state index is 0.00538. The highest BCUT2D eigenvalue weighted by Gasteiger charge is 2.30. The van der Waals surface area contributed by atoms with Gasteiger partial charge in [-0.15, -0.1) is 0 Å². The zero-order valence-electron chi connectivity index (χ0n) is 12.7. The van der Waals surface area contributed by atoms with Gasteiger partial charge >= 0.3 is 0 Å². The topological polar surface area (TPSA) is 72.2 Å². The third-order valence-corrected chi connectivity index (χ3v) is 6.47. The van der Waals surface area contributed by atoms with E-state index in [1.165, 1.54) is 0 Å². The van der Waals surface area contributed by atoms with Crippen molar-refractivity contribution in [2.75, 3.05) is 5.73 Å². The molecule has 0 bridgehead atoms. The summed E-state index contributed by atoms with van der Waals surface area (Å²) in [6.07, 6.45) is 3.02. The van der Waals surface area contributed by atoms with Gasteiger partial charge in [-0.2, -0.15) is 0 Å². The number of sulfonamides is 1. The Morgan fingerprint density at radius 3 is 2.57 bits per heavy atom. The van der Waals surface area contributed by atoms with Gasteiger partial charge in [-0.05, 0) is 55.7 Å². The smallest absolute Gasteiger partial charge is 0.241 e. The number of nitrogen functional groups attached to an aromatic ring is 1. The third kappa shape index (κ3) is 3.79. The summed E-state index contributed by atoms with van der Waals surface area (Å²) in [5, 5.41) is 0. The molecule has 3 unspecified atom stereocenters. The fraction of sp³-hybridized carbons (Fsp3) is 0.600. The van der Waals surface area contributed by atoms with Crippen LogP contribution in [-0.4, -0.2) is 14.5 Å². The fourth-order valence-electron chi connectivity index (χ4n) is 3.06. The van der Waals surface area contributed by atoms with Crippen molar-refractivity contribution >= 4 is 31.6 Å². The van der Waals surface area contributed by atoms with Crippen molar-refractivity contribution in [3.05, 3.63) is 22.2 Å². The summed E-state index contributed by atoms with van der Waals surface area (Å²) in [5.74, 6) is 1.03. The van der Waals surface area contributed by atoms with Crippen LogP contribution >= 0.6 is 15.9 Å². The molecule has 1 aliphatic rings. The van der Waals surface area contributed by atoms with Crippen LogP contribution in [0, 0.1) is 18.8 Å². The van der Waals surface area contributed by atoms with E-state index in [-0.39, 0.29) is 10.9 Å². The molecule has 0 radical (unpaired) electrons. The average molecular weight is 375 g/mol. The van der Waals surface area contributed by atoms with Gasteiger partial charge in [0.1, 0.15) is 0 Å². The molecule has 118 valence electrons. The number of nitrogens with one attached hydrogen (secondary N) is 1. The summed E-state index contributed by atoms with van der Waals surface area (Å²) in [7, 11) is -3.55. The van der Waals surface area contributed by atoms with Gasteiger partial charge in [0.05, 0.1) is 4.90 Å². The largest absolute Gasteiger partial charge is 0.398 e. The number of nitrogens with two attached hydrogens (primary N) is 1. The first-order valence-corrected chi connectivity index (χ1v) is 9.56. The van der Waals surface area contributed by atoms with Crippen molar-refractivity contribution in [3.63, 3.8) is 0 Å². The van der Waals surface area contributed by atoms with Crippen LogP contribution in [0.3, 0.4) is 0 Å². The van der Waals surface area contributed by atoms with Gasteiger partial charge in [0.2, 0.25) is 10.0 Å². The van der Waals surface area contributed by atoms with E-state index in [1.54, 1.807) is 19.1 Å². The molecule has 1 aliphatic carbocycles. The molecular weight excluding hydrogens is 352 g/mol. The molecule has 1 aromatic carbocycles. The first-order valence-electron chi connectivity index (χ1n) is 7.28. The van der Waals surface area contributed by atoms with E-state index >= 15 is 0 Å². The molecule has 0 saturated heterocycles. The zero-order valence-corrected chi connectivity index (χ0v) is 15.1. The second-order valence-electron chi connectivity index (χ2n) is 6.24. The first kappa shape index (κ1) is 16.8. The van der Waals surface area contributed by atoms with Crippen LogP contribution in [0.4, 0.5) is 5.69 Å². The van der Waals surface area contributed by atoms with Crippen molar-refractivity contribution in [2.45, 2.75) is 51.0 Å². The molecule has 0 heterocycles. The second kappa shape index (κ2) is 6.26. The van der Waals surface area contributed by atoms with Crippen LogP contribution in [0.2, 0.25) is 0 Å². The van der Waals surface area contributed by atoms with E-state index in [1.807, 2.05) is 0 Å². The predicted octanol–water partition coefficient (Wildman–Crippen LogP) is 3.44. The Labute approximate surface area is 135 Å². The molecule has 0 aromatic heterocycles. The maximum Gasteiger partial charge on any atom is 0.241 e. The number of rotatable bonds is 3. The van der Waals surface area contributed by atoms with Crippen molar-refractivity contribution < 1.29 is 8.42 Å². The highest BCUT2D eigenvalue weighted by atomic mass is 79.9. The minimum Gasteiger partial charge on any atom is -0.398 e. The monoisotopic (exact) mass is 374 g/mol. The molecule has 1 fully saturated rings. The molecule has 3 N–H and O–H groups in total. The van der Waals surface area contributed by atoms with Crippen LogP contribution in [0.1, 0.15) is 38.7 Å². The lowest BCUT2D eigenvalue weighted by atomic mass is 9.80. The van der Waals surface area contributed by atoms with Crippen molar-refractivity contribution in [2.24, 2.45) is 11.8 Å². The molecule has 4 nitrogen and oxygen atoms in total. The third-order valence-electron chi connectivity index (χ3n) is 4.39. The Kier molecular flexibility index (Phi) is 5.00. The lowest BCUT2D eigenvalue weighted by molar-refractivity contribution is 0.249. The lowest BCUT2D eigenvalue weighted by Crippen LogP contribution is -2.42. The lowest BCUT2D eigenvalue weighted by Gasteiger charge is -2.33. The van der Waals surface area contributed by atoms with Gasteiger partial charge in [-0.3, -0.25) is 0 Å². The molecule has 1 aromatic rings. The predicted molar refractivity (Wildman–Crippen MR) is 89.6 cm³/mol. The van der Waals surface area contributed by atoms with Crippen LogP contribution in [0.25, 0.3) is 0 Å². The quantitative estimate of drug-likeness (QED) is 0.795. The highest BCUT2D eigenvalue weighted by Crippen LogP contribution is 2.31. The van der Waals surface area contributed by atoms with Crippen LogP contribution in [0.5, 0.6) is 0 Å². The standard InChI is InChI=1S/C15H23BrN2O2S/c1-9-4-5-14(10(2)6-9)18-21(19,20)15-8-12(16)7-13(17)11(15)3/h7-10,14,18H,4-6,17H2,1-3H3. The maximum absolute atomic E-state index is 12.7.